The predicted molar refractivity (Wildman–Crippen MR) is 104 cm³/mol. The molecule has 0 bridgehead atoms. The van der Waals surface area contributed by atoms with Crippen LogP contribution in [0.4, 0.5) is 17.3 Å². The summed E-state index contributed by atoms with van der Waals surface area (Å²) < 4.78 is 5.01. The lowest BCUT2D eigenvalue weighted by Crippen LogP contribution is -2.32. The zero-order valence-corrected chi connectivity index (χ0v) is 16.2. The van der Waals surface area contributed by atoms with Gasteiger partial charge in [-0.3, -0.25) is 14.9 Å². The fourth-order valence-corrected chi connectivity index (χ4v) is 2.89. The third-order valence-corrected chi connectivity index (χ3v) is 4.17. The van der Waals surface area contributed by atoms with Crippen molar-refractivity contribution < 1.29 is 14.5 Å². The van der Waals surface area contributed by atoms with Crippen LogP contribution in [0.3, 0.4) is 0 Å². The standard InChI is InChI=1S/C17H21N5O4S/c1-4-26-13(23)10-21(9-12-7-5-6-11(2)8-12)16-14(22(24)25)15(18)19-17(20-16)27-3/h5-8H,4,9-10H2,1-3H3,(H2,18,19,20). The maximum absolute atomic E-state index is 12.1. The van der Waals surface area contributed by atoms with Gasteiger partial charge in [0.1, 0.15) is 6.54 Å². The molecule has 2 rings (SSSR count). The van der Waals surface area contributed by atoms with Crippen LogP contribution in [-0.2, 0) is 16.1 Å². The largest absolute Gasteiger partial charge is 0.465 e. The Morgan fingerprint density at radius 1 is 1.41 bits per heavy atom. The first-order chi connectivity index (χ1) is 12.8. The number of nitrogen functional groups attached to an aromatic ring is 1. The quantitative estimate of drug-likeness (QED) is 0.237. The van der Waals surface area contributed by atoms with E-state index in [9.17, 15) is 14.9 Å². The molecule has 0 fully saturated rings. The number of carbonyl (C=O) groups is 1. The van der Waals surface area contributed by atoms with Crippen molar-refractivity contribution in [2.24, 2.45) is 0 Å². The lowest BCUT2D eigenvalue weighted by molar-refractivity contribution is -0.383. The van der Waals surface area contributed by atoms with Gasteiger partial charge in [0, 0.05) is 6.54 Å². The molecule has 0 aliphatic carbocycles. The highest BCUT2D eigenvalue weighted by Crippen LogP contribution is 2.33. The molecule has 10 heteroatoms. The summed E-state index contributed by atoms with van der Waals surface area (Å²) in [5, 5.41) is 11.8. The first-order valence-electron chi connectivity index (χ1n) is 8.17. The Labute approximate surface area is 161 Å². The molecule has 0 radical (unpaired) electrons. The van der Waals surface area contributed by atoms with Crippen molar-refractivity contribution in [3.63, 3.8) is 0 Å². The minimum atomic E-state index is -0.636. The van der Waals surface area contributed by atoms with E-state index in [0.717, 1.165) is 11.1 Å². The van der Waals surface area contributed by atoms with Gasteiger partial charge in [-0.2, -0.15) is 9.97 Å². The van der Waals surface area contributed by atoms with Gasteiger partial charge >= 0.3 is 11.7 Å². The zero-order valence-electron chi connectivity index (χ0n) is 15.3. The van der Waals surface area contributed by atoms with Crippen molar-refractivity contribution in [1.29, 1.82) is 0 Å². The normalized spacial score (nSPS) is 10.5. The average Bonchev–Trinajstić information content (AvgIpc) is 2.60. The molecule has 0 unspecified atom stereocenters. The van der Waals surface area contributed by atoms with Crippen LogP contribution in [0.1, 0.15) is 18.1 Å². The van der Waals surface area contributed by atoms with E-state index in [-0.39, 0.29) is 36.5 Å². The fourth-order valence-electron chi connectivity index (χ4n) is 2.53. The van der Waals surface area contributed by atoms with E-state index in [2.05, 4.69) is 9.97 Å². The smallest absolute Gasteiger partial charge is 0.353 e. The van der Waals surface area contributed by atoms with E-state index in [4.69, 9.17) is 10.5 Å². The number of nitrogens with two attached hydrogens (primary N) is 1. The highest BCUT2D eigenvalue weighted by molar-refractivity contribution is 7.98. The molecule has 0 aliphatic heterocycles. The third kappa shape index (κ3) is 5.30. The Morgan fingerprint density at radius 3 is 2.74 bits per heavy atom. The maximum atomic E-state index is 12.1. The van der Waals surface area contributed by atoms with E-state index in [1.807, 2.05) is 31.2 Å². The van der Waals surface area contributed by atoms with E-state index in [1.165, 1.54) is 16.7 Å². The minimum absolute atomic E-state index is 0.00795. The Hall–Kier alpha value is -2.88. The second-order valence-electron chi connectivity index (χ2n) is 5.68. The molecule has 2 N–H and O–H groups in total. The van der Waals surface area contributed by atoms with Gasteiger partial charge in [0.15, 0.2) is 5.16 Å². The van der Waals surface area contributed by atoms with Gasteiger partial charge in [-0.05, 0) is 25.7 Å². The van der Waals surface area contributed by atoms with Gasteiger partial charge in [-0.1, -0.05) is 41.6 Å². The Balaban J connectivity index is 2.53. The van der Waals surface area contributed by atoms with Gasteiger partial charge < -0.3 is 15.4 Å². The summed E-state index contributed by atoms with van der Waals surface area (Å²) in [5.74, 6) is -0.763. The molecule has 0 spiro atoms. The van der Waals surface area contributed by atoms with Crippen LogP contribution in [0.5, 0.6) is 0 Å². The van der Waals surface area contributed by atoms with Crippen LogP contribution < -0.4 is 10.6 Å². The number of benzene rings is 1. The molecule has 27 heavy (non-hydrogen) atoms. The van der Waals surface area contributed by atoms with E-state index in [1.54, 1.807) is 13.2 Å². The fraction of sp³-hybridized carbons (Fsp3) is 0.353. The maximum Gasteiger partial charge on any atom is 0.353 e. The van der Waals surface area contributed by atoms with Crippen molar-refractivity contribution in [2.75, 3.05) is 30.0 Å². The molecular weight excluding hydrogens is 370 g/mol. The van der Waals surface area contributed by atoms with E-state index in [0.29, 0.717) is 0 Å². The first kappa shape index (κ1) is 20.4. The number of esters is 1. The summed E-state index contributed by atoms with van der Waals surface area (Å²) in [5.41, 5.74) is 7.27. The Morgan fingerprint density at radius 2 is 2.15 bits per heavy atom. The SMILES string of the molecule is CCOC(=O)CN(Cc1cccc(C)c1)c1nc(SC)nc(N)c1[N+](=O)[O-]. The van der Waals surface area contributed by atoms with Gasteiger partial charge in [-0.25, -0.2) is 0 Å². The van der Waals surface area contributed by atoms with Crippen LogP contribution in [0.2, 0.25) is 0 Å². The van der Waals surface area contributed by atoms with Crippen LogP contribution >= 0.6 is 11.8 Å². The summed E-state index contributed by atoms with van der Waals surface area (Å²) in [7, 11) is 0. The Bertz CT molecular complexity index is 846. The van der Waals surface area contributed by atoms with Gasteiger partial charge in [0.2, 0.25) is 11.6 Å². The van der Waals surface area contributed by atoms with Crippen LogP contribution in [-0.4, -0.2) is 40.3 Å². The summed E-state index contributed by atoms with van der Waals surface area (Å²) in [6.07, 6.45) is 1.74. The molecule has 144 valence electrons. The molecule has 1 aromatic heterocycles. The first-order valence-corrected chi connectivity index (χ1v) is 9.40. The molecular formula is C17H21N5O4S. The number of rotatable bonds is 8. The lowest BCUT2D eigenvalue weighted by Gasteiger charge is -2.23. The van der Waals surface area contributed by atoms with Crippen molar-refractivity contribution in [1.82, 2.24) is 9.97 Å². The predicted octanol–water partition coefficient (Wildman–Crippen LogP) is 2.57. The molecule has 0 amide bonds. The third-order valence-electron chi connectivity index (χ3n) is 3.62. The molecule has 2 aromatic rings. The summed E-state index contributed by atoms with van der Waals surface area (Å²) in [4.78, 5) is 32.7. The van der Waals surface area contributed by atoms with E-state index < -0.39 is 16.6 Å². The van der Waals surface area contributed by atoms with Crippen LogP contribution in [0, 0.1) is 17.0 Å². The highest BCUT2D eigenvalue weighted by atomic mass is 32.2. The second-order valence-corrected chi connectivity index (χ2v) is 6.45. The molecule has 0 atom stereocenters. The van der Waals surface area contributed by atoms with Crippen LogP contribution in [0.15, 0.2) is 29.4 Å². The number of hydrogen-bond donors (Lipinski definition) is 1. The minimum Gasteiger partial charge on any atom is -0.465 e. The molecule has 9 nitrogen and oxygen atoms in total. The number of thioether (sulfide) groups is 1. The summed E-state index contributed by atoms with van der Waals surface area (Å²) in [6.45, 7) is 3.87. The molecule has 0 aliphatic rings. The topological polar surface area (TPSA) is 124 Å². The van der Waals surface area contributed by atoms with Crippen molar-refractivity contribution >= 4 is 35.1 Å². The monoisotopic (exact) mass is 391 g/mol. The second kappa shape index (κ2) is 9.17. The number of hydrogen-bond acceptors (Lipinski definition) is 9. The summed E-state index contributed by atoms with van der Waals surface area (Å²) >= 11 is 1.21. The van der Waals surface area contributed by atoms with Gasteiger partial charge in [-0.15, -0.1) is 0 Å². The van der Waals surface area contributed by atoms with Gasteiger partial charge in [0.25, 0.3) is 0 Å². The highest BCUT2D eigenvalue weighted by Gasteiger charge is 2.29. The molecule has 0 saturated heterocycles. The lowest BCUT2D eigenvalue weighted by atomic mass is 10.1. The molecule has 1 heterocycles. The number of nitro groups is 1. The van der Waals surface area contributed by atoms with E-state index >= 15 is 0 Å². The molecule has 1 aromatic carbocycles. The van der Waals surface area contributed by atoms with Crippen LogP contribution in [0.25, 0.3) is 0 Å². The number of aryl methyl sites for hydroxylation is 1. The summed E-state index contributed by atoms with van der Waals surface area (Å²) in [6, 6.07) is 7.63. The number of aromatic nitrogens is 2. The zero-order chi connectivity index (χ0) is 20.0. The van der Waals surface area contributed by atoms with Crippen molar-refractivity contribution in [2.45, 2.75) is 25.5 Å². The van der Waals surface area contributed by atoms with Crippen molar-refractivity contribution in [3.05, 3.63) is 45.5 Å². The van der Waals surface area contributed by atoms with Crippen molar-refractivity contribution in [3.8, 4) is 0 Å². The number of anilines is 2. The average molecular weight is 391 g/mol. The van der Waals surface area contributed by atoms with Gasteiger partial charge in [0.05, 0.1) is 11.5 Å². The number of carbonyl (C=O) groups excluding carboxylic acids is 1. The number of ether oxygens (including phenoxy) is 1. The Kier molecular flexibility index (Phi) is 6.94. The molecule has 0 saturated carbocycles. The number of nitrogens with zero attached hydrogens (tertiary/aromatic N) is 4.